The molecule has 1 saturated heterocycles. The van der Waals surface area contributed by atoms with Crippen molar-refractivity contribution in [1.29, 1.82) is 0 Å². The maximum Gasteiger partial charge on any atom is 0.411 e. The summed E-state index contributed by atoms with van der Waals surface area (Å²) in [5, 5.41) is 0. The molecule has 11 heteroatoms. The lowest BCUT2D eigenvalue weighted by Crippen LogP contribution is -2.51. The highest BCUT2D eigenvalue weighted by Gasteiger charge is 2.36. The smallest absolute Gasteiger partial charge is 0.354 e. The lowest BCUT2D eigenvalue weighted by Gasteiger charge is -2.35. The van der Waals surface area contributed by atoms with Gasteiger partial charge in [-0.05, 0) is 23.8 Å². The van der Waals surface area contributed by atoms with E-state index in [9.17, 15) is 30.8 Å². The van der Waals surface area contributed by atoms with E-state index in [1.165, 1.54) is 29.2 Å². The lowest BCUT2D eigenvalue weighted by molar-refractivity contribution is -0.191. The molecule has 0 aromatic heterocycles. The molecule has 6 nitrogen and oxygen atoms in total. The van der Waals surface area contributed by atoms with Crippen molar-refractivity contribution >= 4 is 15.9 Å². The average Bonchev–Trinajstić information content (AvgIpc) is 2.74. The summed E-state index contributed by atoms with van der Waals surface area (Å²) in [6.07, 6.45) is -6.07. The zero-order valence-electron chi connectivity index (χ0n) is 16.3. The molecule has 1 aliphatic heterocycles. The second-order valence-corrected chi connectivity index (χ2v) is 8.84. The number of hydrogen-bond donors (Lipinski definition) is 0. The zero-order chi connectivity index (χ0) is 22.6. The summed E-state index contributed by atoms with van der Waals surface area (Å²) >= 11 is 0. The predicted octanol–water partition coefficient (Wildman–Crippen LogP) is 2.98. The number of amides is 1. The maximum absolute atomic E-state index is 13.4. The fourth-order valence-electron chi connectivity index (χ4n) is 3.21. The van der Waals surface area contributed by atoms with Crippen LogP contribution in [0.15, 0.2) is 59.5 Å². The molecule has 0 radical (unpaired) electrons. The number of alkyl halides is 3. The molecule has 1 atom stereocenters. The first-order valence-electron chi connectivity index (χ1n) is 9.36. The van der Waals surface area contributed by atoms with Crippen LogP contribution in [0, 0.1) is 5.82 Å². The third-order valence-corrected chi connectivity index (χ3v) is 6.62. The Morgan fingerprint density at radius 3 is 2.23 bits per heavy atom. The Morgan fingerprint density at radius 2 is 1.65 bits per heavy atom. The van der Waals surface area contributed by atoms with Crippen molar-refractivity contribution in [1.82, 2.24) is 9.21 Å². The van der Waals surface area contributed by atoms with Gasteiger partial charge in [0.25, 0.3) is 5.91 Å². The molecule has 168 valence electrons. The molecule has 1 fully saturated rings. The normalized spacial score (nSPS) is 16.8. The first-order chi connectivity index (χ1) is 14.6. The number of rotatable bonds is 6. The second kappa shape index (κ2) is 9.33. The molecule has 0 unspecified atom stereocenters. The van der Waals surface area contributed by atoms with E-state index >= 15 is 0 Å². The predicted molar refractivity (Wildman–Crippen MR) is 103 cm³/mol. The van der Waals surface area contributed by atoms with E-state index in [1.807, 2.05) is 0 Å². The Balaban J connectivity index is 1.71. The van der Waals surface area contributed by atoms with E-state index in [0.717, 1.165) is 16.4 Å². The van der Waals surface area contributed by atoms with Gasteiger partial charge < -0.3 is 9.64 Å². The summed E-state index contributed by atoms with van der Waals surface area (Å²) in [4.78, 5) is 14.0. The fourth-order valence-corrected chi connectivity index (χ4v) is 4.66. The Morgan fingerprint density at radius 1 is 1.00 bits per heavy atom. The van der Waals surface area contributed by atoms with Crippen LogP contribution < -0.4 is 0 Å². The van der Waals surface area contributed by atoms with Gasteiger partial charge in [0.1, 0.15) is 12.4 Å². The molecular weight excluding hydrogens is 440 g/mol. The molecule has 1 heterocycles. The van der Waals surface area contributed by atoms with E-state index in [1.54, 1.807) is 18.2 Å². The topological polar surface area (TPSA) is 66.9 Å². The fraction of sp³-hybridized carbons (Fsp3) is 0.350. The number of piperazine rings is 1. The minimum Gasteiger partial charge on any atom is -0.354 e. The first-order valence-corrected chi connectivity index (χ1v) is 10.8. The molecule has 2 aromatic rings. The Kier molecular flexibility index (Phi) is 6.97. The van der Waals surface area contributed by atoms with E-state index in [0.29, 0.717) is 0 Å². The van der Waals surface area contributed by atoms with E-state index in [-0.39, 0.29) is 36.6 Å². The third-order valence-electron chi connectivity index (χ3n) is 4.72. The van der Waals surface area contributed by atoms with Gasteiger partial charge in [0.2, 0.25) is 10.0 Å². The number of sulfonamides is 1. The van der Waals surface area contributed by atoms with E-state index in [2.05, 4.69) is 0 Å². The summed E-state index contributed by atoms with van der Waals surface area (Å²) in [6.45, 7) is -1.82. The van der Waals surface area contributed by atoms with Crippen LogP contribution in [0.4, 0.5) is 17.6 Å². The standard InChI is InChI=1S/C20H20F4N2O4S/c21-16-7-4-8-17(13-16)31(28,29)26-11-9-25(10-12-26)19(27)18(30-14-20(22,23)24)15-5-2-1-3-6-15/h1-8,13,18H,9-12,14H2/t18-/m0/s1. The number of nitrogens with zero attached hydrogens (tertiary/aromatic N) is 2. The summed E-state index contributed by atoms with van der Waals surface area (Å²) < 4.78 is 82.8. The summed E-state index contributed by atoms with van der Waals surface area (Å²) in [6, 6.07) is 12.4. The highest BCUT2D eigenvalue weighted by atomic mass is 32.2. The number of halogens is 4. The van der Waals surface area contributed by atoms with Crippen molar-refractivity contribution in [2.75, 3.05) is 32.8 Å². The van der Waals surface area contributed by atoms with Gasteiger partial charge in [0.15, 0.2) is 6.10 Å². The van der Waals surface area contributed by atoms with Crippen LogP contribution >= 0.6 is 0 Å². The molecule has 3 rings (SSSR count). The van der Waals surface area contributed by atoms with Gasteiger partial charge in [-0.1, -0.05) is 36.4 Å². The number of carbonyl (C=O) groups excluding carboxylic acids is 1. The van der Waals surface area contributed by atoms with Crippen molar-refractivity contribution in [3.63, 3.8) is 0 Å². The zero-order valence-corrected chi connectivity index (χ0v) is 17.1. The monoisotopic (exact) mass is 460 g/mol. The number of hydrogen-bond acceptors (Lipinski definition) is 4. The molecule has 0 saturated carbocycles. The van der Waals surface area contributed by atoms with Crippen LogP contribution in [0.2, 0.25) is 0 Å². The highest BCUT2D eigenvalue weighted by Crippen LogP contribution is 2.26. The Bertz CT molecular complexity index is 1010. The van der Waals surface area contributed by atoms with Gasteiger partial charge in [-0.15, -0.1) is 0 Å². The van der Waals surface area contributed by atoms with Crippen LogP contribution in [0.3, 0.4) is 0 Å². The Hall–Kier alpha value is -2.50. The molecule has 1 amide bonds. The number of ether oxygens (including phenoxy) is 1. The van der Waals surface area contributed by atoms with E-state index in [4.69, 9.17) is 4.74 Å². The maximum atomic E-state index is 13.4. The van der Waals surface area contributed by atoms with Crippen molar-refractivity contribution in [2.45, 2.75) is 17.2 Å². The van der Waals surface area contributed by atoms with Crippen LogP contribution in [0.5, 0.6) is 0 Å². The van der Waals surface area contributed by atoms with Gasteiger partial charge in [0, 0.05) is 26.2 Å². The minimum absolute atomic E-state index is 0.0356. The SMILES string of the molecule is O=C([C@@H](OCC(F)(F)F)c1ccccc1)N1CCN(S(=O)(=O)c2cccc(F)c2)CC1. The molecule has 0 spiro atoms. The van der Waals surface area contributed by atoms with Crippen molar-refractivity contribution < 1.29 is 35.5 Å². The molecule has 2 aromatic carbocycles. The molecule has 1 aliphatic rings. The largest absolute Gasteiger partial charge is 0.411 e. The average molecular weight is 460 g/mol. The summed E-state index contributed by atoms with van der Waals surface area (Å²) in [5.74, 6) is -1.37. The molecule has 0 N–H and O–H groups in total. The van der Waals surface area contributed by atoms with Gasteiger partial charge in [-0.3, -0.25) is 4.79 Å². The first kappa shape index (κ1) is 23.2. The van der Waals surface area contributed by atoms with Gasteiger partial charge in [-0.25, -0.2) is 12.8 Å². The molecule has 0 aliphatic carbocycles. The van der Waals surface area contributed by atoms with Crippen LogP contribution in [-0.4, -0.2) is 62.5 Å². The number of benzene rings is 2. The quantitative estimate of drug-likeness (QED) is 0.622. The Labute approximate surface area is 177 Å². The minimum atomic E-state index is -4.61. The van der Waals surface area contributed by atoms with Crippen molar-refractivity contribution in [3.05, 3.63) is 66.0 Å². The van der Waals surface area contributed by atoms with Crippen LogP contribution in [0.25, 0.3) is 0 Å². The molecule has 0 bridgehead atoms. The van der Waals surface area contributed by atoms with Gasteiger partial charge >= 0.3 is 6.18 Å². The van der Waals surface area contributed by atoms with Crippen molar-refractivity contribution in [2.24, 2.45) is 0 Å². The van der Waals surface area contributed by atoms with Crippen LogP contribution in [0.1, 0.15) is 11.7 Å². The van der Waals surface area contributed by atoms with Crippen molar-refractivity contribution in [3.8, 4) is 0 Å². The second-order valence-electron chi connectivity index (χ2n) is 6.90. The van der Waals surface area contributed by atoms with Gasteiger partial charge in [-0.2, -0.15) is 17.5 Å². The molecule has 31 heavy (non-hydrogen) atoms. The highest BCUT2D eigenvalue weighted by molar-refractivity contribution is 7.89. The third kappa shape index (κ3) is 5.81. The summed E-state index contributed by atoms with van der Waals surface area (Å²) in [7, 11) is -3.96. The van der Waals surface area contributed by atoms with Gasteiger partial charge in [0.05, 0.1) is 4.90 Å². The van der Waals surface area contributed by atoms with Crippen LogP contribution in [-0.2, 0) is 19.6 Å². The van der Waals surface area contributed by atoms with E-state index < -0.39 is 40.6 Å². The number of carbonyl (C=O) groups is 1. The lowest BCUT2D eigenvalue weighted by atomic mass is 10.1. The molecular formula is C20H20F4N2O4S. The summed E-state index contributed by atoms with van der Waals surface area (Å²) in [5.41, 5.74) is 0.270.